The first-order valence-corrected chi connectivity index (χ1v) is 13.6. The normalized spacial score (nSPS) is 11.1. The van der Waals surface area contributed by atoms with Crippen molar-refractivity contribution in [1.82, 2.24) is 9.55 Å². The van der Waals surface area contributed by atoms with E-state index in [4.69, 9.17) is 4.74 Å². The summed E-state index contributed by atoms with van der Waals surface area (Å²) in [5, 5.41) is 5.56. The van der Waals surface area contributed by atoms with E-state index in [1.165, 1.54) is 24.8 Å². The van der Waals surface area contributed by atoms with Gasteiger partial charge in [0.2, 0.25) is 0 Å². The molecule has 3 heterocycles. The molecule has 7 nitrogen and oxygen atoms in total. The Morgan fingerprint density at radius 1 is 1.05 bits per heavy atom. The molecule has 0 unspecified atom stereocenters. The molecule has 0 fully saturated rings. The highest BCUT2D eigenvalue weighted by Gasteiger charge is 2.26. The molecule has 0 atom stereocenters. The van der Waals surface area contributed by atoms with Gasteiger partial charge in [-0.15, -0.1) is 22.7 Å². The Bertz CT molecular complexity index is 1750. The fraction of sp³-hybridized carbons (Fsp3) is 0.172. The molecule has 38 heavy (non-hydrogen) atoms. The van der Waals surface area contributed by atoms with Gasteiger partial charge in [0.15, 0.2) is 0 Å². The molecule has 0 saturated carbocycles. The Labute approximate surface area is 227 Å². The molecule has 0 aliphatic carbocycles. The van der Waals surface area contributed by atoms with Crippen LogP contribution >= 0.6 is 22.7 Å². The van der Waals surface area contributed by atoms with Gasteiger partial charge in [-0.2, -0.15) is 0 Å². The van der Waals surface area contributed by atoms with Gasteiger partial charge in [-0.1, -0.05) is 54.1 Å². The number of hydrogen-bond donors (Lipinski definition) is 1. The number of hydrogen-bond acceptors (Lipinski definition) is 7. The third-order valence-corrected chi connectivity index (χ3v) is 8.50. The topological polar surface area (TPSA) is 90.3 Å². The molecule has 0 saturated heterocycles. The summed E-state index contributed by atoms with van der Waals surface area (Å²) in [4.78, 5) is 44.9. The molecular weight excluding hydrogens is 518 g/mol. The fourth-order valence-corrected chi connectivity index (χ4v) is 6.39. The van der Waals surface area contributed by atoms with E-state index < -0.39 is 11.9 Å². The van der Waals surface area contributed by atoms with Crippen LogP contribution in [-0.2, 0) is 11.3 Å². The molecule has 192 valence electrons. The lowest BCUT2D eigenvalue weighted by Gasteiger charge is -2.10. The monoisotopic (exact) mass is 543 g/mol. The van der Waals surface area contributed by atoms with Crippen molar-refractivity contribution < 1.29 is 14.3 Å². The smallest absolute Gasteiger partial charge is 0.341 e. The minimum absolute atomic E-state index is 0.199. The zero-order chi connectivity index (χ0) is 27.0. The van der Waals surface area contributed by atoms with Crippen molar-refractivity contribution in [3.05, 3.63) is 103 Å². The molecule has 0 radical (unpaired) electrons. The summed E-state index contributed by atoms with van der Waals surface area (Å²) >= 11 is 2.42. The summed E-state index contributed by atoms with van der Waals surface area (Å²) in [7, 11) is 1.32. The van der Waals surface area contributed by atoms with Crippen molar-refractivity contribution in [3.63, 3.8) is 0 Å². The summed E-state index contributed by atoms with van der Waals surface area (Å²) in [5.41, 5.74) is 5.33. The predicted molar refractivity (Wildman–Crippen MR) is 153 cm³/mol. The van der Waals surface area contributed by atoms with Crippen molar-refractivity contribution in [2.45, 2.75) is 27.3 Å². The van der Waals surface area contributed by atoms with Gasteiger partial charge in [0, 0.05) is 10.9 Å². The van der Waals surface area contributed by atoms with E-state index in [9.17, 15) is 14.4 Å². The number of methoxy groups -OCH3 is 1. The molecule has 5 rings (SSSR count). The second kappa shape index (κ2) is 10.4. The van der Waals surface area contributed by atoms with E-state index in [0.717, 1.165) is 33.6 Å². The number of ether oxygens (including phenoxy) is 1. The second-order valence-corrected chi connectivity index (χ2v) is 10.9. The zero-order valence-corrected chi connectivity index (χ0v) is 23.0. The number of amides is 1. The summed E-state index contributed by atoms with van der Waals surface area (Å²) < 4.78 is 6.62. The molecule has 0 aliphatic heterocycles. The van der Waals surface area contributed by atoms with Crippen LogP contribution in [0.4, 0.5) is 5.00 Å². The Morgan fingerprint density at radius 3 is 2.55 bits per heavy atom. The molecule has 3 aromatic heterocycles. The van der Waals surface area contributed by atoms with E-state index >= 15 is 0 Å². The van der Waals surface area contributed by atoms with Gasteiger partial charge < -0.3 is 10.1 Å². The third-order valence-electron chi connectivity index (χ3n) is 6.41. The van der Waals surface area contributed by atoms with Crippen LogP contribution in [0.3, 0.4) is 0 Å². The lowest BCUT2D eigenvalue weighted by Crippen LogP contribution is -2.21. The SMILES string of the molecule is COC(=O)c1c(-c2cc(C)ccc2C)csc1NC(=O)c1sc2ncn(Cc3ccccc3)c(=O)c2c1C. The quantitative estimate of drug-likeness (QED) is 0.258. The Balaban J connectivity index is 1.51. The Kier molecular flexibility index (Phi) is 6.96. The van der Waals surface area contributed by atoms with E-state index in [2.05, 4.69) is 10.3 Å². The maximum atomic E-state index is 13.4. The molecule has 9 heteroatoms. The maximum absolute atomic E-state index is 13.4. The standard InChI is InChI=1S/C29H25N3O4S2/c1-16-10-11-17(2)20(12-16)21-14-37-27(23(21)29(35)36-4)31-25(33)24-18(3)22-26(38-24)30-15-32(28(22)34)13-19-8-6-5-7-9-19/h5-12,14-15H,13H2,1-4H3,(H,31,33). The second-order valence-electron chi connectivity index (χ2n) is 9.02. The number of nitrogens with one attached hydrogen (secondary N) is 1. The average molecular weight is 544 g/mol. The molecule has 0 bridgehead atoms. The van der Waals surface area contributed by atoms with Gasteiger partial charge >= 0.3 is 5.97 Å². The number of carbonyl (C=O) groups excluding carboxylic acids is 2. The van der Waals surface area contributed by atoms with Crippen molar-refractivity contribution >= 4 is 49.8 Å². The van der Waals surface area contributed by atoms with Crippen LogP contribution in [0.5, 0.6) is 0 Å². The first-order chi connectivity index (χ1) is 18.3. The molecule has 1 amide bonds. The van der Waals surface area contributed by atoms with Crippen LogP contribution < -0.4 is 10.9 Å². The van der Waals surface area contributed by atoms with Gasteiger partial charge in [0.05, 0.1) is 30.2 Å². The number of aromatic nitrogens is 2. The van der Waals surface area contributed by atoms with E-state index in [0.29, 0.717) is 43.3 Å². The van der Waals surface area contributed by atoms with Gasteiger partial charge in [-0.3, -0.25) is 14.2 Å². The third kappa shape index (κ3) is 4.66. The number of rotatable bonds is 6. The number of anilines is 1. The minimum atomic E-state index is -0.531. The van der Waals surface area contributed by atoms with Gasteiger partial charge in [0.1, 0.15) is 15.4 Å². The molecule has 0 aliphatic rings. The fourth-order valence-electron chi connectivity index (χ4n) is 4.41. The summed E-state index contributed by atoms with van der Waals surface area (Å²) in [6.45, 7) is 6.10. The van der Waals surface area contributed by atoms with Gasteiger partial charge in [-0.05, 0) is 43.0 Å². The number of nitrogens with zero attached hydrogens (tertiary/aromatic N) is 2. The maximum Gasteiger partial charge on any atom is 0.341 e. The summed E-state index contributed by atoms with van der Waals surface area (Å²) in [6, 6.07) is 15.7. The first-order valence-electron chi connectivity index (χ1n) is 11.9. The Morgan fingerprint density at radius 2 is 1.82 bits per heavy atom. The lowest BCUT2D eigenvalue weighted by molar-refractivity contribution is 0.0603. The summed E-state index contributed by atoms with van der Waals surface area (Å²) in [5.74, 6) is -0.935. The highest BCUT2D eigenvalue weighted by atomic mass is 32.1. The summed E-state index contributed by atoms with van der Waals surface area (Å²) in [6.07, 6.45) is 1.51. The van der Waals surface area contributed by atoms with Crippen LogP contribution in [0, 0.1) is 20.8 Å². The first kappa shape index (κ1) is 25.6. The van der Waals surface area contributed by atoms with E-state index in [1.807, 2.05) is 67.8 Å². The molecule has 0 spiro atoms. The van der Waals surface area contributed by atoms with Crippen molar-refractivity contribution in [3.8, 4) is 11.1 Å². The zero-order valence-electron chi connectivity index (χ0n) is 21.3. The van der Waals surface area contributed by atoms with Crippen LogP contribution in [0.1, 0.15) is 42.3 Å². The lowest BCUT2D eigenvalue weighted by atomic mass is 9.97. The molecular formula is C29H25N3O4S2. The van der Waals surface area contributed by atoms with Crippen molar-refractivity contribution in [2.24, 2.45) is 0 Å². The van der Waals surface area contributed by atoms with E-state index in [-0.39, 0.29) is 5.56 Å². The number of benzene rings is 2. The van der Waals surface area contributed by atoms with Crippen molar-refractivity contribution in [2.75, 3.05) is 12.4 Å². The predicted octanol–water partition coefficient (Wildman–Crippen LogP) is 6.20. The average Bonchev–Trinajstić information content (AvgIpc) is 3.48. The highest BCUT2D eigenvalue weighted by molar-refractivity contribution is 7.21. The van der Waals surface area contributed by atoms with Crippen LogP contribution in [-0.4, -0.2) is 28.5 Å². The van der Waals surface area contributed by atoms with Crippen LogP contribution in [0.2, 0.25) is 0 Å². The van der Waals surface area contributed by atoms with Crippen molar-refractivity contribution in [1.29, 1.82) is 0 Å². The minimum Gasteiger partial charge on any atom is -0.465 e. The van der Waals surface area contributed by atoms with Gasteiger partial charge in [0.25, 0.3) is 11.5 Å². The number of esters is 1. The Hall–Kier alpha value is -4.08. The molecule has 1 N–H and O–H groups in total. The molecule has 2 aromatic carbocycles. The van der Waals surface area contributed by atoms with E-state index in [1.54, 1.807) is 11.5 Å². The number of carbonyl (C=O) groups is 2. The largest absolute Gasteiger partial charge is 0.465 e. The highest BCUT2D eigenvalue weighted by Crippen LogP contribution is 2.38. The van der Waals surface area contributed by atoms with Crippen LogP contribution in [0.15, 0.2) is 65.0 Å². The molecule has 5 aromatic rings. The van der Waals surface area contributed by atoms with Crippen LogP contribution in [0.25, 0.3) is 21.3 Å². The van der Waals surface area contributed by atoms with Gasteiger partial charge in [-0.25, -0.2) is 9.78 Å². The number of aryl methyl sites for hydroxylation is 3. The number of thiophene rings is 2. The number of fused-ring (bicyclic) bond motifs is 1.